The average molecular weight is 1230 g/mol. The van der Waals surface area contributed by atoms with Crippen LogP contribution in [0.15, 0.2) is 315 Å². The van der Waals surface area contributed by atoms with Crippen LogP contribution in [0.25, 0.3) is 196 Å². The van der Waals surface area contributed by atoms with E-state index in [1.165, 1.54) is 96.1 Å². The maximum Gasteiger partial charge on any atom is 0.237 e. The molecular formula is C88H52N6S. The van der Waals surface area contributed by atoms with E-state index in [0.29, 0.717) is 5.95 Å². The molecule has 0 aliphatic heterocycles. The molecule has 0 saturated carbocycles. The second-order valence-corrected chi connectivity index (χ2v) is 26.3. The zero-order chi connectivity index (χ0) is 62.0. The van der Waals surface area contributed by atoms with Gasteiger partial charge < -0.3 is 9.13 Å². The fraction of sp³-hybridized carbons (Fsp3) is 0. The number of rotatable bonds is 7. The zero-order valence-corrected chi connectivity index (χ0v) is 51.9. The van der Waals surface area contributed by atoms with E-state index in [1.54, 1.807) is 0 Å². The predicted molar refractivity (Wildman–Crippen MR) is 401 cm³/mol. The van der Waals surface area contributed by atoms with Gasteiger partial charge in [0.1, 0.15) is 5.82 Å². The minimum atomic E-state index is 0.594. The molecule has 440 valence electrons. The normalized spacial score (nSPS) is 12.2. The Bertz CT molecular complexity index is 6550. The van der Waals surface area contributed by atoms with Crippen molar-refractivity contribution in [1.82, 2.24) is 28.2 Å². The summed E-state index contributed by atoms with van der Waals surface area (Å²) in [5.41, 5.74) is 17.7. The number of aromatic nitrogens is 6. The Morgan fingerprint density at radius 3 is 1.01 bits per heavy atom. The van der Waals surface area contributed by atoms with Crippen LogP contribution in [0.4, 0.5) is 0 Å². The van der Waals surface area contributed by atoms with Gasteiger partial charge in [-0.25, -0.2) is 4.98 Å². The van der Waals surface area contributed by atoms with Gasteiger partial charge in [-0.3, -0.25) is 9.13 Å². The Balaban J connectivity index is 0.769. The van der Waals surface area contributed by atoms with Crippen molar-refractivity contribution in [1.29, 1.82) is 0 Å². The third kappa shape index (κ3) is 7.73. The van der Waals surface area contributed by atoms with Gasteiger partial charge in [0.2, 0.25) is 5.95 Å². The van der Waals surface area contributed by atoms with Crippen molar-refractivity contribution >= 4 is 151 Å². The van der Waals surface area contributed by atoms with Gasteiger partial charge in [0.15, 0.2) is 0 Å². The first-order chi connectivity index (χ1) is 47.1. The molecule has 0 amide bonds. The van der Waals surface area contributed by atoms with Crippen molar-refractivity contribution in [3.05, 3.63) is 315 Å². The van der Waals surface area contributed by atoms with Crippen LogP contribution in [-0.2, 0) is 0 Å². The summed E-state index contributed by atoms with van der Waals surface area (Å²) >= 11 is 1.86. The molecule has 0 atom stereocenters. The molecule has 21 rings (SSSR count). The van der Waals surface area contributed by atoms with Crippen molar-refractivity contribution in [3.63, 3.8) is 0 Å². The number of hydrogen-bond donors (Lipinski definition) is 0. The van der Waals surface area contributed by atoms with Gasteiger partial charge in [-0.2, -0.15) is 4.98 Å². The first-order valence-corrected chi connectivity index (χ1v) is 33.3. The van der Waals surface area contributed by atoms with Gasteiger partial charge in [-0.1, -0.05) is 188 Å². The lowest BCUT2D eigenvalue weighted by Crippen LogP contribution is -2.07. The van der Waals surface area contributed by atoms with Gasteiger partial charge in [0.25, 0.3) is 0 Å². The summed E-state index contributed by atoms with van der Waals surface area (Å²) in [6.45, 7) is 0. The number of thiophene rings is 1. The Morgan fingerprint density at radius 1 is 0.200 bits per heavy atom. The monoisotopic (exact) mass is 1220 g/mol. The molecule has 0 aliphatic rings. The SMILES string of the molecule is c1ccc(-n2c3ccccc3c3cc(-c4ccc5c(c4)c4ccccc4n5-c4cc(-c5ccc6sc7cc8c9ccccc9c9ccccc9c8cc7c6c5)nc(-n5c6ccccc6c6cc(-c7ccc8c(c7)c7ccccc7n8-c7ccccc7)ccc65)n4)ccc32)cc1. The van der Waals surface area contributed by atoms with E-state index in [2.05, 4.69) is 334 Å². The number of fused-ring (bicyclic) bond motifs is 21. The van der Waals surface area contributed by atoms with E-state index in [-0.39, 0.29) is 0 Å². The van der Waals surface area contributed by atoms with Crippen LogP contribution in [0.3, 0.4) is 0 Å². The molecule has 0 saturated heterocycles. The van der Waals surface area contributed by atoms with Crippen LogP contribution in [0.2, 0.25) is 0 Å². The number of benzene rings is 15. The van der Waals surface area contributed by atoms with Gasteiger partial charge in [-0.15, -0.1) is 11.3 Å². The highest BCUT2D eigenvalue weighted by atomic mass is 32.1. The second kappa shape index (κ2) is 20.0. The summed E-state index contributed by atoms with van der Waals surface area (Å²) in [4.78, 5) is 11.5. The molecular weight excluding hydrogens is 1170 g/mol. The lowest BCUT2D eigenvalue weighted by atomic mass is 9.93. The first-order valence-electron chi connectivity index (χ1n) is 32.4. The number of hydrogen-bond acceptors (Lipinski definition) is 3. The molecule has 21 aromatic rings. The fourth-order valence-corrected chi connectivity index (χ4v) is 17.0. The topological polar surface area (TPSA) is 45.5 Å². The van der Waals surface area contributed by atoms with Crippen LogP contribution in [0.5, 0.6) is 0 Å². The lowest BCUT2D eigenvalue weighted by Gasteiger charge is -2.14. The number of nitrogens with zero attached hydrogens (tertiary/aromatic N) is 6. The molecule has 6 nitrogen and oxygen atoms in total. The Hall–Kier alpha value is -12.4. The van der Waals surface area contributed by atoms with Gasteiger partial charge in [0.05, 0.1) is 49.8 Å². The molecule has 95 heavy (non-hydrogen) atoms. The molecule has 0 bridgehead atoms. The zero-order valence-electron chi connectivity index (χ0n) is 51.1. The minimum absolute atomic E-state index is 0.594. The summed E-state index contributed by atoms with van der Waals surface area (Å²) < 4.78 is 11.9. The maximum atomic E-state index is 5.79. The van der Waals surface area contributed by atoms with E-state index in [1.807, 2.05) is 11.3 Å². The third-order valence-electron chi connectivity index (χ3n) is 20.1. The second-order valence-electron chi connectivity index (χ2n) is 25.2. The van der Waals surface area contributed by atoms with E-state index >= 15 is 0 Å². The molecule has 0 radical (unpaired) electrons. The van der Waals surface area contributed by atoms with Crippen molar-refractivity contribution in [2.75, 3.05) is 0 Å². The highest BCUT2D eigenvalue weighted by Crippen LogP contribution is 2.46. The largest absolute Gasteiger partial charge is 0.309 e. The average Bonchev–Trinajstić information content (AvgIpc) is 1.72. The predicted octanol–water partition coefficient (Wildman–Crippen LogP) is 23.7. The Kier molecular flexibility index (Phi) is 11.0. The number of para-hydroxylation sites is 6. The fourth-order valence-electron chi connectivity index (χ4n) is 15.9. The minimum Gasteiger partial charge on any atom is -0.309 e. The van der Waals surface area contributed by atoms with Gasteiger partial charge in [0, 0.05) is 86.3 Å². The molecule has 0 unspecified atom stereocenters. The summed E-state index contributed by atoms with van der Waals surface area (Å²) in [5, 5.41) is 19.6. The summed E-state index contributed by atoms with van der Waals surface area (Å²) in [7, 11) is 0. The third-order valence-corrected chi connectivity index (χ3v) is 21.3. The highest BCUT2D eigenvalue weighted by Gasteiger charge is 2.23. The molecule has 6 heterocycles. The molecule has 6 aromatic heterocycles. The Morgan fingerprint density at radius 2 is 0.537 bits per heavy atom. The molecule has 0 fully saturated rings. The van der Waals surface area contributed by atoms with Crippen LogP contribution < -0.4 is 0 Å². The summed E-state index contributed by atoms with van der Waals surface area (Å²) in [5.74, 6) is 1.38. The summed E-state index contributed by atoms with van der Waals surface area (Å²) in [6, 6.07) is 116. The van der Waals surface area contributed by atoms with Crippen LogP contribution in [-0.4, -0.2) is 28.2 Å². The first kappa shape index (κ1) is 52.2. The Labute approximate surface area is 547 Å². The molecule has 0 N–H and O–H groups in total. The molecule has 0 spiro atoms. The van der Waals surface area contributed by atoms with Crippen molar-refractivity contribution < 1.29 is 0 Å². The lowest BCUT2D eigenvalue weighted by molar-refractivity contribution is 0.952. The van der Waals surface area contributed by atoms with E-state index in [0.717, 1.165) is 94.3 Å². The quantitative estimate of drug-likeness (QED) is 0.149. The van der Waals surface area contributed by atoms with E-state index < -0.39 is 0 Å². The standard InChI is InChI=1S/C88H52N6S/c1-3-19-58(20-4-1)91-77-31-15-11-27-64(77)70-45-53(35-40-81(70)91)55-37-42-83-72(47-55)66-29-13-17-33-79(66)93(83)87-52-76(57-39-44-85-74(49-57)75-50-68-62-25-9-7-23-60(62)61-24-8-10-26-63(61)69(68)51-86(75)95-85)89-88(90-87)94-80-34-18-14-30-67(80)73-48-56(38-43-84(73)94)54-36-41-82-71(46-54)65-28-12-16-32-78(65)92(82)59-21-5-2-6-22-59/h1-52H. The summed E-state index contributed by atoms with van der Waals surface area (Å²) in [6.07, 6.45) is 0. The van der Waals surface area contributed by atoms with Crippen molar-refractivity contribution in [2.24, 2.45) is 0 Å². The smallest absolute Gasteiger partial charge is 0.237 e. The van der Waals surface area contributed by atoms with Gasteiger partial charge in [-0.05, 0) is 176 Å². The van der Waals surface area contributed by atoms with Gasteiger partial charge >= 0.3 is 0 Å². The van der Waals surface area contributed by atoms with Crippen LogP contribution >= 0.6 is 11.3 Å². The van der Waals surface area contributed by atoms with Crippen molar-refractivity contribution in [3.8, 4) is 56.7 Å². The highest BCUT2D eigenvalue weighted by molar-refractivity contribution is 7.26. The van der Waals surface area contributed by atoms with Crippen LogP contribution in [0.1, 0.15) is 0 Å². The van der Waals surface area contributed by atoms with E-state index in [9.17, 15) is 0 Å². The van der Waals surface area contributed by atoms with E-state index in [4.69, 9.17) is 9.97 Å². The van der Waals surface area contributed by atoms with Crippen LogP contribution in [0, 0.1) is 0 Å². The molecule has 0 aliphatic carbocycles. The molecule has 15 aromatic carbocycles. The molecule has 7 heteroatoms. The maximum absolute atomic E-state index is 5.79. The van der Waals surface area contributed by atoms with Crippen molar-refractivity contribution in [2.45, 2.75) is 0 Å².